The molecule has 0 radical (unpaired) electrons. The summed E-state index contributed by atoms with van der Waals surface area (Å²) in [5.74, 6) is 1.97. The molecule has 2 N–H and O–H groups in total. The number of rotatable bonds is 7. The summed E-state index contributed by atoms with van der Waals surface area (Å²) in [6.45, 7) is 1.86. The standard InChI is InChI=1S/C14H22ClN3S/c1-16-14(18-10-11-19-2)17-9-3-4-12-5-7-13(15)8-6-12/h5-8H,3-4,9-11H2,1-2H3,(H2,16,17,18). The van der Waals surface area contributed by atoms with Gasteiger partial charge in [0.1, 0.15) is 0 Å². The predicted molar refractivity (Wildman–Crippen MR) is 87.5 cm³/mol. The van der Waals surface area contributed by atoms with Crippen molar-refractivity contribution in [3.8, 4) is 0 Å². The van der Waals surface area contributed by atoms with E-state index in [0.29, 0.717) is 0 Å². The van der Waals surface area contributed by atoms with Crippen LogP contribution >= 0.6 is 23.4 Å². The first-order valence-corrected chi connectivity index (χ1v) is 8.21. The summed E-state index contributed by atoms with van der Waals surface area (Å²) in [6, 6.07) is 8.03. The number of nitrogens with zero attached hydrogens (tertiary/aromatic N) is 1. The summed E-state index contributed by atoms with van der Waals surface area (Å²) in [7, 11) is 1.80. The van der Waals surface area contributed by atoms with E-state index in [1.54, 1.807) is 7.05 Å². The van der Waals surface area contributed by atoms with Crippen LogP contribution in [0, 0.1) is 0 Å². The molecule has 0 aromatic heterocycles. The smallest absolute Gasteiger partial charge is 0.191 e. The molecule has 5 heteroatoms. The van der Waals surface area contributed by atoms with E-state index in [1.807, 2.05) is 23.9 Å². The van der Waals surface area contributed by atoms with Gasteiger partial charge in [0.05, 0.1) is 0 Å². The molecule has 0 aliphatic rings. The van der Waals surface area contributed by atoms with Crippen molar-refractivity contribution in [1.82, 2.24) is 10.6 Å². The Morgan fingerprint density at radius 1 is 1.21 bits per heavy atom. The van der Waals surface area contributed by atoms with Crippen LogP contribution in [0.3, 0.4) is 0 Å². The maximum atomic E-state index is 5.86. The minimum atomic E-state index is 0.792. The third-order valence-corrected chi connectivity index (χ3v) is 3.53. The highest BCUT2D eigenvalue weighted by Gasteiger charge is 1.97. The van der Waals surface area contributed by atoms with Crippen LogP contribution in [-0.4, -0.2) is 38.1 Å². The summed E-state index contributed by atoms with van der Waals surface area (Å²) >= 11 is 7.68. The number of guanidine groups is 1. The van der Waals surface area contributed by atoms with Gasteiger partial charge in [0.2, 0.25) is 0 Å². The molecule has 19 heavy (non-hydrogen) atoms. The van der Waals surface area contributed by atoms with Crippen LogP contribution in [-0.2, 0) is 6.42 Å². The van der Waals surface area contributed by atoms with E-state index in [9.17, 15) is 0 Å². The quantitative estimate of drug-likeness (QED) is 0.462. The van der Waals surface area contributed by atoms with Crippen LogP contribution in [0.15, 0.2) is 29.3 Å². The lowest BCUT2D eigenvalue weighted by Gasteiger charge is -2.11. The summed E-state index contributed by atoms with van der Waals surface area (Å²) in [4.78, 5) is 4.18. The van der Waals surface area contributed by atoms with E-state index in [2.05, 4.69) is 34.0 Å². The lowest BCUT2D eigenvalue weighted by molar-refractivity contribution is 0.749. The van der Waals surface area contributed by atoms with Gasteiger partial charge < -0.3 is 10.6 Å². The van der Waals surface area contributed by atoms with Crippen molar-refractivity contribution in [2.45, 2.75) is 12.8 Å². The second-order valence-electron chi connectivity index (χ2n) is 4.15. The molecule has 0 unspecified atom stereocenters. The fourth-order valence-corrected chi connectivity index (χ4v) is 2.07. The van der Waals surface area contributed by atoms with Crippen LogP contribution in [0.4, 0.5) is 0 Å². The largest absolute Gasteiger partial charge is 0.356 e. The topological polar surface area (TPSA) is 36.4 Å². The lowest BCUT2D eigenvalue weighted by atomic mass is 10.1. The molecule has 0 saturated carbocycles. The minimum Gasteiger partial charge on any atom is -0.356 e. The van der Waals surface area contributed by atoms with Gasteiger partial charge >= 0.3 is 0 Å². The maximum absolute atomic E-state index is 5.86. The molecule has 0 spiro atoms. The molecule has 0 atom stereocenters. The van der Waals surface area contributed by atoms with Crippen molar-refractivity contribution in [2.75, 3.05) is 32.1 Å². The summed E-state index contributed by atoms with van der Waals surface area (Å²) in [6.07, 6.45) is 4.22. The van der Waals surface area contributed by atoms with Crippen molar-refractivity contribution in [1.29, 1.82) is 0 Å². The van der Waals surface area contributed by atoms with Gasteiger partial charge in [-0.05, 0) is 36.8 Å². The average Bonchev–Trinajstić information content (AvgIpc) is 2.43. The Morgan fingerprint density at radius 2 is 1.89 bits per heavy atom. The zero-order chi connectivity index (χ0) is 13.9. The highest BCUT2D eigenvalue weighted by molar-refractivity contribution is 7.98. The molecule has 3 nitrogen and oxygen atoms in total. The zero-order valence-corrected chi connectivity index (χ0v) is 13.2. The Morgan fingerprint density at radius 3 is 2.53 bits per heavy atom. The Labute approximate surface area is 125 Å². The van der Waals surface area contributed by atoms with Crippen LogP contribution in [0.5, 0.6) is 0 Å². The molecule has 0 saturated heterocycles. The molecule has 1 aromatic rings. The van der Waals surface area contributed by atoms with E-state index in [-0.39, 0.29) is 0 Å². The van der Waals surface area contributed by atoms with Crippen molar-refractivity contribution < 1.29 is 0 Å². The molecular formula is C14H22ClN3S. The van der Waals surface area contributed by atoms with Crippen LogP contribution < -0.4 is 10.6 Å². The van der Waals surface area contributed by atoms with Crippen LogP contribution in [0.1, 0.15) is 12.0 Å². The van der Waals surface area contributed by atoms with Crippen molar-refractivity contribution in [3.63, 3.8) is 0 Å². The number of aryl methyl sites for hydroxylation is 1. The van der Waals surface area contributed by atoms with Gasteiger partial charge in [-0.3, -0.25) is 4.99 Å². The Balaban J connectivity index is 2.16. The normalized spacial score (nSPS) is 11.4. The molecule has 0 heterocycles. The molecule has 1 rings (SSSR count). The minimum absolute atomic E-state index is 0.792. The number of halogens is 1. The van der Waals surface area contributed by atoms with Gasteiger partial charge in [-0.1, -0.05) is 23.7 Å². The van der Waals surface area contributed by atoms with Gasteiger partial charge in [-0.2, -0.15) is 11.8 Å². The highest BCUT2D eigenvalue weighted by atomic mass is 35.5. The molecule has 0 bridgehead atoms. The monoisotopic (exact) mass is 299 g/mol. The summed E-state index contributed by atoms with van der Waals surface area (Å²) in [5, 5.41) is 7.38. The van der Waals surface area contributed by atoms with Crippen molar-refractivity contribution >= 4 is 29.3 Å². The summed E-state index contributed by atoms with van der Waals surface area (Å²) in [5.41, 5.74) is 1.32. The molecule has 106 valence electrons. The molecule has 1 aromatic carbocycles. The fourth-order valence-electron chi connectivity index (χ4n) is 1.64. The molecule has 0 aliphatic heterocycles. The van der Waals surface area contributed by atoms with E-state index in [4.69, 9.17) is 11.6 Å². The van der Waals surface area contributed by atoms with Crippen molar-refractivity contribution in [3.05, 3.63) is 34.9 Å². The first-order chi connectivity index (χ1) is 9.26. The number of thioether (sulfide) groups is 1. The first kappa shape index (κ1) is 16.2. The fraction of sp³-hybridized carbons (Fsp3) is 0.500. The van der Waals surface area contributed by atoms with Gasteiger partial charge in [0, 0.05) is 30.9 Å². The highest BCUT2D eigenvalue weighted by Crippen LogP contribution is 2.10. The molecule has 0 fully saturated rings. The third-order valence-electron chi connectivity index (χ3n) is 2.67. The molecular weight excluding hydrogens is 278 g/mol. The Hall–Kier alpha value is -0.870. The summed E-state index contributed by atoms with van der Waals surface area (Å²) < 4.78 is 0. The van der Waals surface area contributed by atoms with Crippen molar-refractivity contribution in [2.24, 2.45) is 4.99 Å². The van der Waals surface area contributed by atoms with E-state index in [0.717, 1.165) is 42.7 Å². The average molecular weight is 300 g/mol. The third kappa shape index (κ3) is 7.33. The molecule has 0 amide bonds. The lowest BCUT2D eigenvalue weighted by Crippen LogP contribution is -2.38. The Bertz CT molecular complexity index is 379. The molecule has 0 aliphatic carbocycles. The number of benzene rings is 1. The van der Waals surface area contributed by atoms with Gasteiger partial charge in [-0.15, -0.1) is 0 Å². The number of hydrogen-bond donors (Lipinski definition) is 2. The first-order valence-electron chi connectivity index (χ1n) is 6.44. The number of hydrogen-bond acceptors (Lipinski definition) is 2. The van der Waals surface area contributed by atoms with Gasteiger partial charge in [0.15, 0.2) is 5.96 Å². The SMILES string of the molecule is CN=C(NCCCc1ccc(Cl)cc1)NCCSC. The number of aliphatic imine (C=N–C) groups is 1. The maximum Gasteiger partial charge on any atom is 0.191 e. The predicted octanol–water partition coefficient (Wildman–Crippen LogP) is 2.80. The van der Waals surface area contributed by atoms with Crippen LogP contribution in [0.2, 0.25) is 5.02 Å². The number of nitrogens with one attached hydrogen (secondary N) is 2. The zero-order valence-electron chi connectivity index (χ0n) is 11.6. The van der Waals surface area contributed by atoms with Gasteiger partial charge in [-0.25, -0.2) is 0 Å². The van der Waals surface area contributed by atoms with E-state index in [1.165, 1.54) is 5.56 Å². The second-order valence-corrected chi connectivity index (χ2v) is 5.57. The Kier molecular flexibility index (Phi) is 8.50. The second kappa shape index (κ2) is 9.98. The van der Waals surface area contributed by atoms with Crippen LogP contribution in [0.25, 0.3) is 0 Å². The van der Waals surface area contributed by atoms with Gasteiger partial charge in [0.25, 0.3) is 0 Å². The van der Waals surface area contributed by atoms with E-state index < -0.39 is 0 Å². The van der Waals surface area contributed by atoms with E-state index >= 15 is 0 Å².